The number of hydrogen-bond donors (Lipinski definition) is 1. The average molecular weight is 517 g/mol. The number of carbonyl (C=O) groups is 2. The van der Waals surface area contributed by atoms with Gasteiger partial charge >= 0.3 is 5.97 Å². The van der Waals surface area contributed by atoms with E-state index in [1.807, 2.05) is 26.8 Å². The molecule has 9 heteroatoms. The van der Waals surface area contributed by atoms with Gasteiger partial charge in [0.05, 0.1) is 25.2 Å². The fourth-order valence-electron chi connectivity index (χ4n) is 4.09. The standard InChI is InChI=1S/C27H36N2O6S/c1-5-6-16-35-27(31)20-9-12-23(13-10-20)28-26(30)22-8-7-15-29(18-22)36(32,33)25-17-21(19(2)3)11-14-24(25)34-4/h9-14,17,19,22H,5-8,15-16,18H2,1-4H3,(H,28,30)/t22-/m1/s1. The molecule has 2 aromatic carbocycles. The molecule has 0 radical (unpaired) electrons. The van der Waals surface area contributed by atoms with E-state index in [1.54, 1.807) is 36.4 Å². The van der Waals surface area contributed by atoms with Gasteiger partial charge in [-0.15, -0.1) is 0 Å². The minimum atomic E-state index is -3.85. The molecule has 1 N–H and O–H groups in total. The quantitative estimate of drug-likeness (QED) is 0.359. The number of piperidine rings is 1. The molecule has 1 fully saturated rings. The second kappa shape index (κ2) is 12.4. The van der Waals surface area contributed by atoms with Crippen LogP contribution in [0.1, 0.15) is 68.3 Å². The van der Waals surface area contributed by atoms with Crippen LogP contribution in [0.5, 0.6) is 5.75 Å². The SMILES string of the molecule is CCCCOC(=O)c1ccc(NC(=O)[C@@H]2CCCN(S(=O)(=O)c3cc(C(C)C)ccc3OC)C2)cc1. The van der Waals surface area contributed by atoms with Crippen molar-refractivity contribution in [2.75, 3.05) is 32.1 Å². The molecule has 3 rings (SSSR count). The fourth-order valence-corrected chi connectivity index (χ4v) is 5.81. The Balaban J connectivity index is 1.69. The lowest BCUT2D eigenvalue weighted by molar-refractivity contribution is -0.120. The molecule has 2 aromatic rings. The third kappa shape index (κ3) is 6.64. The Morgan fingerprint density at radius 1 is 1.14 bits per heavy atom. The number of carbonyl (C=O) groups excluding carboxylic acids is 2. The maximum Gasteiger partial charge on any atom is 0.338 e. The van der Waals surface area contributed by atoms with Gasteiger partial charge in [0.15, 0.2) is 0 Å². The second-order valence-electron chi connectivity index (χ2n) is 9.32. The molecule has 0 aromatic heterocycles. The third-order valence-electron chi connectivity index (χ3n) is 6.35. The molecular weight excluding hydrogens is 480 g/mol. The first-order valence-electron chi connectivity index (χ1n) is 12.4. The fraction of sp³-hybridized carbons (Fsp3) is 0.481. The van der Waals surface area contributed by atoms with E-state index in [-0.39, 0.29) is 23.3 Å². The van der Waals surface area contributed by atoms with E-state index >= 15 is 0 Å². The number of unbranched alkanes of at least 4 members (excludes halogenated alkanes) is 1. The predicted molar refractivity (Wildman–Crippen MR) is 139 cm³/mol. The Labute approximate surface area is 214 Å². The van der Waals surface area contributed by atoms with Crippen LogP contribution in [0.15, 0.2) is 47.4 Å². The number of methoxy groups -OCH3 is 1. The summed E-state index contributed by atoms with van der Waals surface area (Å²) in [5, 5.41) is 2.85. The molecule has 1 amide bonds. The van der Waals surface area contributed by atoms with Gasteiger partial charge in [0.2, 0.25) is 15.9 Å². The van der Waals surface area contributed by atoms with Crippen LogP contribution in [0.3, 0.4) is 0 Å². The van der Waals surface area contributed by atoms with Crippen LogP contribution in [0.4, 0.5) is 5.69 Å². The number of anilines is 1. The zero-order valence-electron chi connectivity index (χ0n) is 21.5. The molecule has 0 bridgehead atoms. The van der Waals surface area contributed by atoms with Crippen LogP contribution in [-0.2, 0) is 19.6 Å². The lowest BCUT2D eigenvalue weighted by atomic mass is 9.98. The number of esters is 1. The number of benzene rings is 2. The van der Waals surface area contributed by atoms with Gasteiger partial charge in [0.25, 0.3) is 0 Å². The molecule has 1 heterocycles. The van der Waals surface area contributed by atoms with Crippen molar-refractivity contribution in [2.24, 2.45) is 5.92 Å². The first-order chi connectivity index (χ1) is 17.2. The molecule has 0 spiro atoms. The van der Waals surface area contributed by atoms with Gasteiger partial charge in [-0.1, -0.05) is 33.3 Å². The molecule has 0 unspecified atom stereocenters. The number of nitrogens with zero attached hydrogens (tertiary/aromatic N) is 1. The van der Waals surface area contributed by atoms with Crippen molar-refractivity contribution >= 4 is 27.6 Å². The average Bonchev–Trinajstić information content (AvgIpc) is 2.88. The second-order valence-corrected chi connectivity index (χ2v) is 11.2. The maximum absolute atomic E-state index is 13.5. The van der Waals surface area contributed by atoms with E-state index in [0.717, 1.165) is 18.4 Å². The third-order valence-corrected chi connectivity index (χ3v) is 8.23. The highest BCUT2D eigenvalue weighted by Crippen LogP contribution is 2.32. The van der Waals surface area contributed by atoms with E-state index in [4.69, 9.17) is 9.47 Å². The van der Waals surface area contributed by atoms with Crippen LogP contribution in [0, 0.1) is 5.92 Å². The number of rotatable bonds is 10. The molecule has 1 atom stereocenters. The van der Waals surface area contributed by atoms with Crippen LogP contribution in [-0.4, -0.2) is 51.4 Å². The summed E-state index contributed by atoms with van der Waals surface area (Å²) in [5.74, 6) is -0.692. The lowest BCUT2D eigenvalue weighted by Crippen LogP contribution is -2.43. The van der Waals surface area contributed by atoms with Gasteiger partial charge in [-0.2, -0.15) is 4.31 Å². The molecule has 0 aliphatic carbocycles. The highest BCUT2D eigenvalue weighted by molar-refractivity contribution is 7.89. The van der Waals surface area contributed by atoms with E-state index in [2.05, 4.69) is 5.32 Å². The molecule has 1 saturated heterocycles. The van der Waals surface area contributed by atoms with Crippen molar-refractivity contribution in [3.05, 3.63) is 53.6 Å². The maximum atomic E-state index is 13.5. The summed E-state index contributed by atoms with van der Waals surface area (Å²) in [6.45, 7) is 6.83. The highest BCUT2D eigenvalue weighted by Gasteiger charge is 2.35. The van der Waals surface area contributed by atoms with Crippen molar-refractivity contribution in [3.63, 3.8) is 0 Å². The minimum Gasteiger partial charge on any atom is -0.495 e. The Kier molecular flexibility index (Phi) is 9.50. The number of sulfonamides is 1. The molecule has 196 valence electrons. The monoisotopic (exact) mass is 516 g/mol. The molecular formula is C27H36N2O6S. The first kappa shape index (κ1) is 27.7. The summed E-state index contributed by atoms with van der Waals surface area (Å²) in [4.78, 5) is 25.2. The molecule has 1 aliphatic heterocycles. The zero-order chi connectivity index (χ0) is 26.3. The van der Waals surface area contributed by atoms with Crippen molar-refractivity contribution in [3.8, 4) is 5.75 Å². The summed E-state index contributed by atoms with van der Waals surface area (Å²) in [6, 6.07) is 11.7. The summed E-state index contributed by atoms with van der Waals surface area (Å²) in [6.07, 6.45) is 2.91. The number of amides is 1. The molecule has 8 nitrogen and oxygen atoms in total. The topological polar surface area (TPSA) is 102 Å². The first-order valence-corrected chi connectivity index (χ1v) is 13.9. The van der Waals surface area contributed by atoms with Crippen LogP contribution in [0.2, 0.25) is 0 Å². The summed E-state index contributed by atoms with van der Waals surface area (Å²) >= 11 is 0. The normalized spacial score (nSPS) is 16.5. The van der Waals surface area contributed by atoms with Gasteiger partial charge in [-0.3, -0.25) is 4.79 Å². The van der Waals surface area contributed by atoms with Crippen molar-refractivity contribution in [1.82, 2.24) is 4.31 Å². The number of ether oxygens (including phenoxy) is 2. The van der Waals surface area contributed by atoms with Crippen LogP contribution >= 0.6 is 0 Å². The van der Waals surface area contributed by atoms with E-state index in [0.29, 0.717) is 43.0 Å². The molecule has 0 saturated carbocycles. The Morgan fingerprint density at radius 2 is 1.86 bits per heavy atom. The van der Waals surface area contributed by atoms with Crippen LogP contribution in [0.25, 0.3) is 0 Å². The predicted octanol–water partition coefficient (Wildman–Crippen LogP) is 4.81. The number of hydrogen-bond acceptors (Lipinski definition) is 6. The summed E-state index contributed by atoms with van der Waals surface area (Å²) in [5.41, 5.74) is 1.85. The van der Waals surface area contributed by atoms with Crippen molar-refractivity contribution < 1.29 is 27.5 Å². The zero-order valence-corrected chi connectivity index (χ0v) is 22.3. The van der Waals surface area contributed by atoms with Gasteiger partial charge in [0.1, 0.15) is 10.6 Å². The van der Waals surface area contributed by atoms with E-state index in [9.17, 15) is 18.0 Å². The Hall–Kier alpha value is -2.91. The molecule has 1 aliphatic rings. The van der Waals surface area contributed by atoms with Crippen LogP contribution < -0.4 is 10.1 Å². The largest absolute Gasteiger partial charge is 0.495 e. The number of nitrogens with one attached hydrogen (secondary N) is 1. The minimum absolute atomic E-state index is 0.0884. The van der Waals surface area contributed by atoms with Crippen molar-refractivity contribution in [1.29, 1.82) is 0 Å². The van der Waals surface area contributed by atoms with Crippen molar-refractivity contribution in [2.45, 2.75) is 57.3 Å². The van der Waals surface area contributed by atoms with E-state index < -0.39 is 21.9 Å². The van der Waals surface area contributed by atoms with E-state index in [1.165, 1.54) is 11.4 Å². The summed E-state index contributed by atoms with van der Waals surface area (Å²) in [7, 11) is -2.40. The Morgan fingerprint density at radius 3 is 2.50 bits per heavy atom. The van der Waals surface area contributed by atoms with Gasteiger partial charge < -0.3 is 14.8 Å². The smallest absolute Gasteiger partial charge is 0.338 e. The Bertz CT molecular complexity index is 1160. The van der Waals surface area contributed by atoms with Gasteiger partial charge in [0, 0.05) is 18.8 Å². The lowest BCUT2D eigenvalue weighted by Gasteiger charge is -2.31. The van der Waals surface area contributed by atoms with Gasteiger partial charge in [-0.05, 0) is 67.1 Å². The highest BCUT2D eigenvalue weighted by atomic mass is 32.2. The summed E-state index contributed by atoms with van der Waals surface area (Å²) < 4.78 is 39.0. The molecule has 36 heavy (non-hydrogen) atoms. The van der Waals surface area contributed by atoms with Gasteiger partial charge in [-0.25, -0.2) is 13.2 Å².